The zero-order chi connectivity index (χ0) is 15.7. The van der Waals surface area contributed by atoms with Crippen LogP contribution in [0.3, 0.4) is 0 Å². The first kappa shape index (κ1) is 17.0. The zero-order valence-electron chi connectivity index (χ0n) is 12.2. The van der Waals surface area contributed by atoms with Crippen LogP contribution in [0.2, 0.25) is 0 Å². The smallest absolute Gasteiger partial charge is 0.240 e. The SMILES string of the molecule is C#CCNC(=NCc1cccc(S(=O)(=O)NC)c1)NCC. The lowest BCUT2D eigenvalue weighted by molar-refractivity contribution is 0.588. The van der Waals surface area contributed by atoms with Gasteiger partial charge in [-0.15, -0.1) is 6.42 Å². The molecule has 0 saturated carbocycles. The van der Waals surface area contributed by atoms with E-state index in [1.165, 1.54) is 7.05 Å². The maximum Gasteiger partial charge on any atom is 0.240 e. The molecule has 1 aromatic carbocycles. The van der Waals surface area contributed by atoms with E-state index in [1.807, 2.05) is 13.0 Å². The van der Waals surface area contributed by atoms with Gasteiger partial charge in [-0.1, -0.05) is 18.1 Å². The summed E-state index contributed by atoms with van der Waals surface area (Å²) in [5.74, 6) is 3.07. The average Bonchev–Trinajstić information content (AvgIpc) is 2.50. The monoisotopic (exact) mass is 308 g/mol. The fourth-order valence-electron chi connectivity index (χ4n) is 1.58. The van der Waals surface area contributed by atoms with E-state index in [0.717, 1.165) is 5.56 Å². The van der Waals surface area contributed by atoms with Crippen molar-refractivity contribution in [3.63, 3.8) is 0 Å². The van der Waals surface area contributed by atoms with E-state index in [9.17, 15) is 8.42 Å². The van der Waals surface area contributed by atoms with Crippen molar-refractivity contribution in [2.24, 2.45) is 4.99 Å². The first-order chi connectivity index (χ1) is 10.0. The molecule has 0 aliphatic heterocycles. The van der Waals surface area contributed by atoms with E-state index in [0.29, 0.717) is 25.6 Å². The molecule has 114 valence electrons. The topological polar surface area (TPSA) is 82.6 Å². The molecule has 0 spiro atoms. The van der Waals surface area contributed by atoms with Crippen LogP contribution in [0.4, 0.5) is 0 Å². The molecule has 0 amide bonds. The van der Waals surface area contributed by atoms with Crippen LogP contribution in [0.5, 0.6) is 0 Å². The molecular formula is C14H20N4O2S. The van der Waals surface area contributed by atoms with Crippen molar-refractivity contribution in [2.45, 2.75) is 18.4 Å². The molecule has 0 heterocycles. The van der Waals surface area contributed by atoms with Crippen LogP contribution in [0.25, 0.3) is 0 Å². The molecule has 0 atom stereocenters. The number of aliphatic imine (C=N–C) groups is 1. The predicted octanol–water partition coefficient (Wildman–Crippen LogP) is 0.283. The number of benzene rings is 1. The van der Waals surface area contributed by atoms with Gasteiger partial charge in [0.05, 0.1) is 18.0 Å². The molecule has 0 radical (unpaired) electrons. The van der Waals surface area contributed by atoms with Crippen LogP contribution in [0.15, 0.2) is 34.2 Å². The van der Waals surface area contributed by atoms with Crippen molar-refractivity contribution in [1.82, 2.24) is 15.4 Å². The number of nitrogens with zero attached hydrogens (tertiary/aromatic N) is 1. The van der Waals surface area contributed by atoms with Gasteiger partial charge in [-0.25, -0.2) is 18.1 Å². The summed E-state index contributed by atoms with van der Waals surface area (Å²) in [5.41, 5.74) is 0.796. The highest BCUT2D eigenvalue weighted by Crippen LogP contribution is 2.11. The van der Waals surface area contributed by atoms with E-state index >= 15 is 0 Å². The molecule has 0 bridgehead atoms. The molecule has 3 N–H and O–H groups in total. The van der Waals surface area contributed by atoms with Gasteiger partial charge >= 0.3 is 0 Å². The molecule has 0 fully saturated rings. The summed E-state index contributed by atoms with van der Waals surface area (Å²) in [5, 5.41) is 6.03. The van der Waals surface area contributed by atoms with Crippen molar-refractivity contribution in [2.75, 3.05) is 20.1 Å². The summed E-state index contributed by atoms with van der Waals surface area (Å²) >= 11 is 0. The molecule has 21 heavy (non-hydrogen) atoms. The van der Waals surface area contributed by atoms with Gasteiger partial charge in [0.1, 0.15) is 0 Å². The van der Waals surface area contributed by atoms with Gasteiger partial charge < -0.3 is 10.6 Å². The fraction of sp³-hybridized carbons (Fsp3) is 0.357. The standard InChI is InChI=1S/C14H20N4O2S/c1-4-9-17-14(16-5-2)18-11-12-7-6-8-13(10-12)21(19,20)15-3/h1,6-8,10,15H,5,9,11H2,2-3H3,(H2,16,17,18). The van der Waals surface area contributed by atoms with Crippen LogP contribution < -0.4 is 15.4 Å². The van der Waals surface area contributed by atoms with Crippen LogP contribution in [0, 0.1) is 12.3 Å². The van der Waals surface area contributed by atoms with E-state index in [-0.39, 0.29) is 4.90 Å². The lowest BCUT2D eigenvalue weighted by Gasteiger charge is -2.09. The third-order valence-corrected chi connectivity index (χ3v) is 4.01. The molecule has 0 aliphatic rings. The van der Waals surface area contributed by atoms with Gasteiger partial charge in [0.15, 0.2) is 5.96 Å². The highest BCUT2D eigenvalue weighted by Gasteiger charge is 2.11. The Balaban J connectivity index is 2.87. The molecule has 0 saturated heterocycles. The molecule has 7 heteroatoms. The normalized spacial score (nSPS) is 11.8. The van der Waals surface area contributed by atoms with Crippen LogP contribution in [0.1, 0.15) is 12.5 Å². The Kier molecular flexibility index (Phi) is 6.72. The maximum atomic E-state index is 11.7. The number of terminal acetylenes is 1. The first-order valence-electron chi connectivity index (χ1n) is 6.51. The minimum atomic E-state index is -3.44. The van der Waals surface area contributed by atoms with Crippen LogP contribution >= 0.6 is 0 Å². The van der Waals surface area contributed by atoms with E-state index in [1.54, 1.807) is 18.2 Å². The number of hydrogen-bond acceptors (Lipinski definition) is 3. The number of hydrogen-bond donors (Lipinski definition) is 3. The molecular weight excluding hydrogens is 288 g/mol. The number of guanidine groups is 1. The second kappa shape index (κ2) is 8.29. The molecule has 1 rings (SSSR count). The molecule has 6 nitrogen and oxygen atoms in total. The highest BCUT2D eigenvalue weighted by molar-refractivity contribution is 7.89. The maximum absolute atomic E-state index is 11.7. The largest absolute Gasteiger partial charge is 0.357 e. The Bertz CT molecular complexity index is 633. The van der Waals surface area contributed by atoms with Crippen LogP contribution in [-0.2, 0) is 16.6 Å². The minimum Gasteiger partial charge on any atom is -0.357 e. The van der Waals surface area contributed by atoms with Gasteiger partial charge in [0, 0.05) is 6.54 Å². The minimum absolute atomic E-state index is 0.222. The number of rotatable bonds is 6. The van der Waals surface area contributed by atoms with Gasteiger partial charge in [-0.3, -0.25) is 0 Å². The highest BCUT2D eigenvalue weighted by atomic mass is 32.2. The lowest BCUT2D eigenvalue weighted by Crippen LogP contribution is -2.37. The first-order valence-corrected chi connectivity index (χ1v) is 8.00. The molecule has 0 aromatic heterocycles. The Morgan fingerprint density at radius 3 is 2.76 bits per heavy atom. The van der Waals surface area contributed by atoms with E-state index in [2.05, 4.69) is 26.3 Å². The summed E-state index contributed by atoms with van der Waals surface area (Å²) in [7, 11) is -2.06. The fourth-order valence-corrected chi connectivity index (χ4v) is 2.38. The predicted molar refractivity (Wildman–Crippen MR) is 84.3 cm³/mol. The Hall–Kier alpha value is -2.04. The van der Waals surface area contributed by atoms with Crippen molar-refractivity contribution < 1.29 is 8.42 Å². The summed E-state index contributed by atoms with van der Waals surface area (Å²) in [4.78, 5) is 4.58. The van der Waals surface area contributed by atoms with Crippen molar-refractivity contribution >= 4 is 16.0 Å². The van der Waals surface area contributed by atoms with Crippen molar-refractivity contribution in [1.29, 1.82) is 0 Å². The van der Waals surface area contributed by atoms with Gasteiger partial charge in [0.25, 0.3) is 0 Å². The Morgan fingerprint density at radius 2 is 2.14 bits per heavy atom. The van der Waals surface area contributed by atoms with Crippen molar-refractivity contribution in [3.05, 3.63) is 29.8 Å². The molecule has 0 aliphatic carbocycles. The third kappa shape index (κ3) is 5.45. The summed E-state index contributed by atoms with van der Waals surface area (Å²) in [6, 6.07) is 6.65. The second-order valence-corrected chi connectivity index (χ2v) is 5.99. The number of nitrogens with one attached hydrogen (secondary N) is 3. The number of sulfonamides is 1. The summed E-state index contributed by atoms with van der Waals surface area (Å²) < 4.78 is 25.8. The van der Waals surface area contributed by atoms with Crippen LogP contribution in [-0.4, -0.2) is 34.5 Å². The zero-order valence-corrected chi connectivity index (χ0v) is 13.0. The summed E-state index contributed by atoms with van der Waals surface area (Å²) in [6.07, 6.45) is 5.19. The quantitative estimate of drug-likeness (QED) is 0.400. The van der Waals surface area contributed by atoms with Crippen molar-refractivity contribution in [3.8, 4) is 12.3 Å². The molecule has 0 unspecified atom stereocenters. The van der Waals surface area contributed by atoms with Gasteiger partial charge in [-0.2, -0.15) is 0 Å². The van der Waals surface area contributed by atoms with Gasteiger partial charge in [-0.05, 0) is 31.7 Å². The molecule has 1 aromatic rings. The van der Waals surface area contributed by atoms with E-state index < -0.39 is 10.0 Å². The third-order valence-electron chi connectivity index (χ3n) is 2.60. The Morgan fingerprint density at radius 1 is 1.38 bits per heavy atom. The van der Waals surface area contributed by atoms with E-state index in [4.69, 9.17) is 6.42 Å². The summed E-state index contributed by atoms with van der Waals surface area (Å²) in [6.45, 7) is 3.39. The Labute approximate surface area is 126 Å². The second-order valence-electron chi connectivity index (χ2n) is 4.11. The average molecular weight is 308 g/mol. The lowest BCUT2D eigenvalue weighted by atomic mass is 10.2. The van der Waals surface area contributed by atoms with Gasteiger partial charge in [0.2, 0.25) is 10.0 Å².